The Labute approximate surface area is 147 Å². The third-order valence-electron chi connectivity index (χ3n) is 1.76. The van der Waals surface area contributed by atoms with Crippen LogP contribution < -0.4 is 84.8 Å². The zero-order valence-electron chi connectivity index (χ0n) is 9.88. The van der Waals surface area contributed by atoms with E-state index in [2.05, 4.69) is 10.6 Å². The summed E-state index contributed by atoms with van der Waals surface area (Å²) < 4.78 is 10.9. The molecular formula is C8H7N2Na2O5P. The molecule has 10 heteroatoms. The summed E-state index contributed by atoms with van der Waals surface area (Å²) in [6.07, 6.45) is 0.514. The standard InChI is InChI=1S/C8H9N2O5P.2Na/c11-4-9-6-2-1-3-7(16(13,14)15)8(6)10-5-12;;/h1-5H,(H,9,11)(H,10,12)(H2,13,14,15);;/q;2*+1/p-2. The molecule has 0 saturated carbocycles. The summed E-state index contributed by atoms with van der Waals surface area (Å²) in [4.78, 5) is 42.3. The summed E-state index contributed by atoms with van der Waals surface area (Å²) >= 11 is 0. The van der Waals surface area contributed by atoms with Gasteiger partial charge in [-0.15, -0.1) is 0 Å². The minimum Gasteiger partial charge on any atom is -0.807 e. The average Bonchev–Trinajstić information content (AvgIpc) is 2.19. The summed E-state index contributed by atoms with van der Waals surface area (Å²) in [6, 6.07) is 3.67. The number of nitrogens with one attached hydrogen (secondary N) is 2. The SMILES string of the molecule is O=CNc1cccc(P(=O)([O-])[O-])c1NC=O.[Na+].[Na+]. The van der Waals surface area contributed by atoms with E-state index in [1.54, 1.807) is 0 Å². The van der Waals surface area contributed by atoms with Crippen LogP contribution in [0, 0.1) is 0 Å². The summed E-state index contributed by atoms with van der Waals surface area (Å²) in [5.74, 6) is 0. The second-order valence-corrected chi connectivity index (χ2v) is 4.20. The number of anilines is 2. The molecule has 1 rings (SSSR count). The second kappa shape index (κ2) is 9.25. The topological polar surface area (TPSA) is 121 Å². The van der Waals surface area contributed by atoms with Gasteiger partial charge in [-0.05, 0) is 13.7 Å². The van der Waals surface area contributed by atoms with Crippen molar-refractivity contribution in [3.8, 4) is 0 Å². The van der Waals surface area contributed by atoms with Gasteiger partial charge in [-0.1, -0.05) is 12.1 Å². The van der Waals surface area contributed by atoms with Gasteiger partial charge in [0, 0.05) is 5.30 Å². The molecule has 0 aromatic heterocycles. The van der Waals surface area contributed by atoms with Gasteiger partial charge in [-0.2, -0.15) is 0 Å². The van der Waals surface area contributed by atoms with E-state index in [4.69, 9.17) is 0 Å². The van der Waals surface area contributed by atoms with Crippen LogP contribution in [0.25, 0.3) is 0 Å². The minimum absolute atomic E-state index is 0. The number of amides is 2. The Kier molecular flexibility index (Phi) is 10.6. The van der Waals surface area contributed by atoms with Crippen LogP contribution in [0.3, 0.4) is 0 Å². The average molecular weight is 288 g/mol. The van der Waals surface area contributed by atoms with Gasteiger partial charge in [0.15, 0.2) is 0 Å². The molecule has 0 aliphatic rings. The fourth-order valence-electron chi connectivity index (χ4n) is 1.16. The van der Waals surface area contributed by atoms with Gasteiger partial charge in [0.2, 0.25) is 12.8 Å². The quantitative estimate of drug-likeness (QED) is 0.317. The van der Waals surface area contributed by atoms with E-state index in [-0.39, 0.29) is 76.9 Å². The number of rotatable bonds is 5. The Morgan fingerprint density at radius 2 is 1.61 bits per heavy atom. The van der Waals surface area contributed by atoms with E-state index in [1.807, 2.05) is 0 Å². The number of hydrogen-bond donors (Lipinski definition) is 2. The number of para-hydroxylation sites is 1. The number of benzene rings is 1. The van der Waals surface area contributed by atoms with Crippen molar-refractivity contribution in [2.75, 3.05) is 10.6 Å². The van der Waals surface area contributed by atoms with Crippen LogP contribution in [-0.2, 0) is 14.2 Å². The third-order valence-corrected chi connectivity index (χ3v) is 2.72. The molecule has 18 heavy (non-hydrogen) atoms. The van der Waals surface area contributed by atoms with Crippen LogP contribution in [0.1, 0.15) is 0 Å². The number of hydrogen-bond acceptors (Lipinski definition) is 5. The van der Waals surface area contributed by atoms with E-state index in [0.717, 1.165) is 6.07 Å². The third kappa shape index (κ3) is 5.52. The van der Waals surface area contributed by atoms with Crippen LogP contribution in [0.2, 0.25) is 0 Å². The van der Waals surface area contributed by atoms with Crippen molar-refractivity contribution in [1.82, 2.24) is 0 Å². The molecular weight excluding hydrogens is 281 g/mol. The first kappa shape index (κ1) is 20.6. The van der Waals surface area contributed by atoms with Gasteiger partial charge in [0.25, 0.3) is 0 Å². The molecule has 0 atom stereocenters. The Bertz CT molecular complexity index is 465. The fourth-order valence-corrected chi connectivity index (χ4v) is 1.89. The summed E-state index contributed by atoms with van der Waals surface area (Å²) in [6.45, 7) is 0. The monoisotopic (exact) mass is 288 g/mol. The Hall–Kier alpha value is 0.310. The van der Waals surface area contributed by atoms with E-state index in [9.17, 15) is 23.9 Å². The van der Waals surface area contributed by atoms with Gasteiger partial charge >= 0.3 is 59.1 Å². The molecule has 0 aliphatic carbocycles. The van der Waals surface area contributed by atoms with Crippen LogP contribution >= 0.6 is 7.60 Å². The second-order valence-electron chi connectivity index (χ2n) is 2.72. The van der Waals surface area contributed by atoms with Gasteiger partial charge < -0.3 is 25.0 Å². The predicted molar refractivity (Wildman–Crippen MR) is 53.1 cm³/mol. The number of carbonyl (C=O) groups is 2. The molecule has 2 N–H and O–H groups in total. The first-order valence-electron chi connectivity index (χ1n) is 4.06. The fraction of sp³-hybridized carbons (Fsp3) is 0. The summed E-state index contributed by atoms with van der Waals surface area (Å²) in [5, 5.41) is 3.66. The smallest absolute Gasteiger partial charge is 0.807 e. The molecule has 7 nitrogen and oxygen atoms in total. The van der Waals surface area contributed by atoms with Gasteiger partial charge in [0.1, 0.15) is 0 Å². The van der Waals surface area contributed by atoms with Gasteiger partial charge in [0.05, 0.1) is 11.4 Å². The van der Waals surface area contributed by atoms with Crippen LogP contribution in [0.4, 0.5) is 11.4 Å². The van der Waals surface area contributed by atoms with Crippen molar-refractivity contribution in [3.05, 3.63) is 18.2 Å². The van der Waals surface area contributed by atoms with E-state index >= 15 is 0 Å². The molecule has 2 amide bonds. The largest absolute Gasteiger partial charge is 1.00 e. The molecule has 86 valence electrons. The molecule has 0 fully saturated rings. The van der Waals surface area contributed by atoms with Gasteiger partial charge in [-0.25, -0.2) is 0 Å². The molecule has 0 bridgehead atoms. The van der Waals surface area contributed by atoms with Crippen molar-refractivity contribution in [3.63, 3.8) is 0 Å². The van der Waals surface area contributed by atoms with Gasteiger partial charge in [-0.3, -0.25) is 9.59 Å². The Balaban J connectivity index is 0. The molecule has 1 aromatic rings. The first-order valence-corrected chi connectivity index (χ1v) is 5.61. The Morgan fingerprint density at radius 3 is 2.06 bits per heavy atom. The number of carbonyl (C=O) groups excluding carboxylic acids is 2. The molecule has 0 aliphatic heterocycles. The van der Waals surface area contributed by atoms with E-state index in [0.29, 0.717) is 6.41 Å². The van der Waals surface area contributed by atoms with Crippen molar-refractivity contribution >= 4 is 37.1 Å². The maximum absolute atomic E-state index is 10.9. The molecule has 1 aromatic carbocycles. The predicted octanol–water partition coefficient (Wildman–Crippen LogP) is -7.63. The zero-order chi connectivity index (χ0) is 12.2. The summed E-state index contributed by atoms with van der Waals surface area (Å²) in [7, 11) is -5.01. The molecule has 0 radical (unpaired) electrons. The van der Waals surface area contributed by atoms with E-state index in [1.165, 1.54) is 12.1 Å². The van der Waals surface area contributed by atoms with Crippen molar-refractivity contribution in [2.24, 2.45) is 0 Å². The van der Waals surface area contributed by atoms with Crippen molar-refractivity contribution < 1.29 is 83.1 Å². The van der Waals surface area contributed by atoms with Crippen LogP contribution in [-0.4, -0.2) is 12.8 Å². The van der Waals surface area contributed by atoms with Crippen LogP contribution in [0.15, 0.2) is 18.2 Å². The van der Waals surface area contributed by atoms with Crippen molar-refractivity contribution in [1.29, 1.82) is 0 Å². The summed E-state index contributed by atoms with van der Waals surface area (Å²) in [5.41, 5.74) is -0.204. The maximum atomic E-state index is 10.9. The Morgan fingerprint density at radius 1 is 1.06 bits per heavy atom. The maximum Gasteiger partial charge on any atom is 1.00 e. The molecule has 0 spiro atoms. The zero-order valence-corrected chi connectivity index (χ0v) is 14.8. The minimum atomic E-state index is -5.01. The molecule has 0 saturated heterocycles. The van der Waals surface area contributed by atoms with Crippen molar-refractivity contribution in [2.45, 2.75) is 0 Å². The van der Waals surface area contributed by atoms with E-state index < -0.39 is 12.9 Å². The normalized spacial score (nSPS) is 9.44. The molecule has 0 unspecified atom stereocenters. The first-order chi connectivity index (χ1) is 7.50. The van der Waals surface area contributed by atoms with Crippen LogP contribution in [0.5, 0.6) is 0 Å². The molecule has 0 heterocycles.